The van der Waals surface area contributed by atoms with E-state index in [0.717, 1.165) is 35.9 Å². The fourth-order valence-electron chi connectivity index (χ4n) is 3.77. The van der Waals surface area contributed by atoms with Crippen molar-refractivity contribution in [1.82, 2.24) is 4.90 Å². The molecule has 2 aromatic carbocycles. The van der Waals surface area contributed by atoms with Crippen LogP contribution in [0.25, 0.3) is 6.08 Å². The highest BCUT2D eigenvalue weighted by Gasteiger charge is 2.32. The summed E-state index contributed by atoms with van der Waals surface area (Å²) in [5.74, 6) is 0.0255. The van der Waals surface area contributed by atoms with Gasteiger partial charge in [0, 0.05) is 30.3 Å². The van der Waals surface area contributed by atoms with Crippen LogP contribution in [-0.2, 0) is 4.79 Å². The Balaban J connectivity index is 1.61. The smallest absolute Gasteiger partial charge is 0.266 e. The van der Waals surface area contributed by atoms with Gasteiger partial charge in [0.15, 0.2) is 5.17 Å². The van der Waals surface area contributed by atoms with E-state index >= 15 is 0 Å². The van der Waals surface area contributed by atoms with Crippen LogP contribution >= 0.6 is 23.4 Å². The number of nitrogens with zero attached hydrogens (tertiary/aromatic N) is 3. The first-order valence-electron chi connectivity index (χ1n) is 10.5. The van der Waals surface area contributed by atoms with Gasteiger partial charge in [-0.3, -0.25) is 9.69 Å². The predicted octanol–water partition coefficient (Wildman–Crippen LogP) is 6.26. The Morgan fingerprint density at radius 3 is 2.53 bits per heavy atom. The summed E-state index contributed by atoms with van der Waals surface area (Å²) >= 11 is 7.42. The highest BCUT2D eigenvalue weighted by atomic mass is 35.5. The van der Waals surface area contributed by atoms with Crippen LogP contribution in [0.4, 0.5) is 11.4 Å². The number of hydrogen-bond donors (Lipinski definition) is 0. The SMILES string of the molecule is CCCN1C(=O)/C(=C/c2ccc(N3CCCC3)cc2C)SC1=Nc1ccc(Cl)cc1. The molecule has 2 fully saturated rings. The molecule has 0 spiro atoms. The van der Waals surface area contributed by atoms with Crippen LogP contribution in [0.2, 0.25) is 5.02 Å². The molecule has 2 aliphatic rings. The normalized spacial score (nSPS) is 19.5. The second-order valence-corrected chi connectivity index (χ2v) is 9.12. The third-order valence-corrected chi connectivity index (χ3v) is 6.66. The minimum Gasteiger partial charge on any atom is -0.372 e. The molecule has 0 radical (unpaired) electrons. The number of amidine groups is 1. The molecule has 0 aromatic heterocycles. The number of amides is 1. The molecule has 6 heteroatoms. The molecule has 0 aliphatic carbocycles. The summed E-state index contributed by atoms with van der Waals surface area (Å²) in [5, 5.41) is 1.40. The van der Waals surface area contributed by atoms with Gasteiger partial charge in [0.25, 0.3) is 5.91 Å². The van der Waals surface area contributed by atoms with Crippen molar-refractivity contribution < 1.29 is 4.79 Å². The molecule has 4 nitrogen and oxygen atoms in total. The highest BCUT2D eigenvalue weighted by molar-refractivity contribution is 8.18. The summed E-state index contributed by atoms with van der Waals surface area (Å²) < 4.78 is 0. The van der Waals surface area contributed by atoms with Crippen LogP contribution in [0.3, 0.4) is 0 Å². The van der Waals surface area contributed by atoms with Crippen LogP contribution in [-0.4, -0.2) is 35.6 Å². The van der Waals surface area contributed by atoms with Crippen LogP contribution in [0, 0.1) is 6.92 Å². The quantitative estimate of drug-likeness (QED) is 0.515. The zero-order valence-corrected chi connectivity index (χ0v) is 19.0. The van der Waals surface area contributed by atoms with E-state index < -0.39 is 0 Å². The Morgan fingerprint density at radius 1 is 1.13 bits per heavy atom. The van der Waals surface area contributed by atoms with Crippen molar-refractivity contribution in [2.24, 2.45) is 4.99 Å². The minimum absolute atomic E-state index is 0.0255. The zero-order valence-electron chi connectivity index (χ0n) is 17.4. The lowest BCUT2D eigenvalue weighted by Gasteiger charge is -2.18. The second kappa shape index (κ2) is 9.27. The van der Waals surface area contributed by atoms with Crippen molar-refractivity contribution in [1.29, 1.82) is 0 Å². The van der Waals surface area contributed by atoms with E-state index in [1.807, 2.05) is 30.3 Å². The average molecular weight is 440 g/mol. The van der Waals surface area contributed by atoms with Crippen LogP contribution in [0.15, 0.2) is 52.4 Å². The topological polar surface area (TPSA) is 35.9 Å². The molecule has 0 atom stereocenters. The Morgan fingerprint density at radius 2 is 1.87 bits per heavy atom. The van der Waals surface area contributed by atoms with Crippen LogP contribution < -0.4 is 4.90 Å². The van der Waals surface area contributed by atoms with E-state index in [4.69, 9.17) is 16.6 Å². The average Bonchev–Trinajstić information content (AvgIpc) is 3.36. The molecule has 0 unspecified atom stereocenters. The maximum absolute atomic E-state index is 13.1. The molecule has 1 amide bonds. The molecule has 4 rings (SSSR count). The molecule has 0 bridgehead atoms. The summed E-state index contributed by atoms with van der Waals surface area (Å²) in [7, 11) is 0. The molecule has 2 saturated heterocycles. The number of carbonyl (C=O) groups excluding carboxylic acids is 1. The number of hydrogen-bond acceptors (Lipinski definition) is 4. The fraction of sp³-hybridized carbons (Fsp3) is 0.333. The standard InChI is InChI=1S/C24H26ClN3OS/c1-3-12-28-23(29)22(30-24(28)26-20-9-7-19(25)8-10-20)16-18-6-11-21(15-17(18)2)27-13-4-5-14-27/h6-11,15-16H,3-5,12-14H2,1-2H3/b22-16-,26-24?. The van der Waals surface area contributed by atoms with Gasteiger partial charge >= 0.3 is 0 Å². The van der Waals surface area contributed by atoms with Crippen molar-refractivity contribution in [3.63, 3.8) is 0 Å². The maximum atomic E-state index is 13.1. The van der Waals surface area contributed by atoms with E-state index in [1.165, 1.54) is 35.9 Å². The number of aliphatic imine (C=N–C) groups is 1. The van der Waals surface area contributed by atoms with Crippen molar-refractivity contribution in [3.8, 4) is 0 Å². The Hall–Kier alpha value is -2.24. The molecular formula is C24H26ClN3OS. The van der Waals surface area contributed by atoms with Crippen molar-refractivity contribution in [2.75, 3.05) is 24.5 Å². The fourth-order valence-corrected chi connectivity index (χ4v) is 4.91. The highest BCUT2D eigenvalue weighted by Crippen LogP contribution is 2.35. The van der Waals surface area contributed by atoms with E-state index in [2.05, 4.69) is 36.9 Å². The van der Waals surface area contributed by atoms with E-state index in [0.29, 0.717) is 16.5 Å². The summed E-state index contributed by atoms with van der Waals surface area (Å²) in [6.45, 7) is 7.10. The third kappa shape index (κ3) is 4.57. The van der Waals surface area contributed by atoms with Gasteiger partial charge in [0.05, 0.1) is 10.6 Å². The Bertz CT molecular complexity index is 994. The first-order chi connectivity index (χ1) is 14.5. The largest absolute Gasteiger partial charge is 0.372 e. The zero-order chi connectivity index (χ0) is 21.1. The maximum Gasteiger partial charge on any atom is 0.266 e. The lowest BCUT2D eigenvalue weighted by Crippen LogP contribution is -2.29. The third-order valence-electron chi connectivity index (χ3n) is 5.40. The van der Waals surface area contributed by atoms with Gasteiger partial charge in [-0.15, -0.1) is 0 Å². The van der Waals surface area contributed by atoms with Crippen molar-refractivity contribution in [3.05, 3.63) is 63.5 Å². The number of thioether (sulfide) groups is 1. The van der Waals surface area contributed by atoms with Gasteiger partial charge in [-0.05, 0) is 91.5 Å². The molecule has 2 aliphatic heterocycles. The van der Waals surface area contributed by atoms with E-state index in [1.54, 1.807) is 4.90 Å². The monoisotopic (exact) mass is 439 g/mol. The number of anilines is 1. The van der Waals surface area contributed by atoms with E-state index in [-0.39, 0.29) is 5.91 Å². The molecule has 2 aromatic rings. The molecule has 0 N–H and O–H groups in total. The number of halogens is 1. The van der Waals surface area contributed by atoms with Gasteiger partial charge in [-0.2, -0.15) is 0 Å². The molecular weight excluding hydrogens is 414 g/mol. The molecule has 2 heterocycles. The molecule has 156 valence electrons. The first-order valence-corrected chi connectivity index (χ1v) is 11.7. The predicted molar refractivity (Wildman–Crippen MR) is 129 cm³/mol. The lowest BCUT2D eigenvalue weighted by atomic mass is 10.1. The van der Waals surface area contributed by atoms with Gasteiger partial charge in [-0.1, -0.05) is 24.6 Å². The van der Waals surface area contributed by atoms with E-state index in [9.17, 15) is 4.79 Å². The number of aryl methyl sites for hydroxylation is 1. The first kappa shape index (κ1) is 21.0. The van der Waals surface area contributed by atoms with Crippen LogP contribution in [0.5, 0.6) is 0 Å². The molecule has 0 saturated carbocycles. The summed E-state index contributed by atoms with van der Waals surface area (Å²) in [6.07, 6.45) is 5.41. The number of benzene rings is 2. The van der Waals surface area contributed by atoms with Gasteiger partial charge < -0.3 is 4.90 Å². The van der Waals surface area contributed by atoms with Gasteiger partial charge in [-0.25, -0.2) is 4.99 Å². The van der Waals surface area contributed by atoms with Crippen LogP contribution in [0.1, 0.15) is 37.3 Å². The second-order valence-electron chi connectivity index (χ2n) is 7.67. The van der Waals surface area contributed by atoms with Crippen molar-refractivity contribution in [2.45, 2.75) is 33.1 Å². The van der Waals surface area contributed by atoms with Gasteiger partial charge in [0.1, 0.15) is 0 Å². The summed E-state index contributed by atoms with van der Waals surface area (Å²) in [5.41, 5.74) is 4.33. The number of rotatable bonds is 5. The Kier molecular flexibility index (Phi) is 6.49. The van der Waals surface area contributed by atoms with Gasteiger partial charge in [0.2, 0.25) is 0 Å². The molecule has 30 heavy (non-hydrogen) atoms. The number of carbonyl (C=O) groups is 1. The minimum atomic E-state index is 0.0255. The summed E-state index contributed by atoms with van der Waals surface area (Å²) in [4.78, 5) is 22.7. The lowest BCUT2D eigenvalue weighted by molar-refractivity contribution is -0.122. The summed E-state index contributed by atoms with van der Waals surface area (Å²) in [6, 6.07) is 13.9. The van der Waals surface area contributed by atoms with Crippen molar-refractivity contribution >= 4 is 51.9 Å². The Labute approximate surface area is 187 Å².